The lowest BCUT2D eigenvalue weighted by atomic mass is 10.1. The van der Waals surface area contributed by atoms with Gasteiger partial charge in [-0.1, -0.05) is 18.2 Å². The fourth-order valence-electron chi connectivity index (χ4n) is 2.51. The van der Waals surface area contributed by atoms with E-state index in [-0.39, 0.29) is 5.78 Å². The number of rotatable bonds is 4. The second kappa shape index (κ2) is 6.31. The van der Waals surface area contributed by atoms with Gasteiger partial charge in [0.05, 0.1) is 5.75 Å². The van der Waals surface area contributed by atoms with Crippen molar-refractivity contribution in [3.05, 3.63) is 62.7 Å². The molecule has 3 rings (SSSR count). The molecule has 1 aliphatic rings. The summed E-state index contributed by atoms with van der Waals surface area (Å²) in [5.74, 6) is 0.714. The van der Waals surface area contributed by atoms with E-state index in [1.54, 1.807) is 11.8 Å². The van der Waals surface area contributed by atoms with Crippen LogP contribution in [0.4, 0.5) is 0 Å². The lowest BCUT2D eigenvalue weighted by Crippen LogP contribution is -2.02. The number of halogens is 1. The van der Waals surface area contributed by atoms with Crippen molar-refractivity contribution in [2.75, 3.05) is 5.75 Å². The zero-order valence-corrected chi connectivity index (χ0v) is 14.0. The quantitative estimate of drug-likeness (QED) is 0.423. The Bertz CT molecular complexity index is 634. The van der Waals surface area contributed by atoms with Gasteiger partial charge in [-0.2, -0.15) is 0 Å². The molecule has 0 radical (unpaired) electrons. The molecule has 0 aliphatic heterocycles. The summed E-state index contributed by atoms with van der Waals surface area (Å²) in [6, 6.07) is 14.4. The highest BCUT2D eigenvalue weighted by molar-refractivity contribution is 14.1. The van der Waals surface area contributed by atoms with E-state index in [4.69, 9.17) is 0 Å². The van der Waals surface area contributed by atoms with Crippen molar-refractivity contribution in [1.82, 2.24) is 0 Å². The maximum absolute atomic E-state index is 12.1. The minimum Gasteiger partial charge on any atom is -0.293 e. The number of thioether (sulfide) groups is 1. The monoisotopic (exact) mass is 394 g/mol. The third-order valence-electron chi connectivity index (χ3n) is 3.61. The Labute approximate surface area is 137 Å². The highest BCUT2D eigenvalue weighted by atomic mass is 127. The molecule has 0 heterocycles. The van der Waals surface area contributed by atoms with Crippen LogP contribution in [0.15, 0.2) is 47.4 Å². The van der Waals surface area contributed by atoms with E-state index in [0.29, 0.717) is 5.75 Å². The van der Waals surface area contributed by atoms with Gasteiger partial charge in [0, 0.05) is 14.0 Å². The summed E-state index contributed by atoms with van der Waals surface area (Å²) in [6.07, 6.45) is 3.67. The van der Waals surface area contributed by atoms with Crippen LogP contribution in [0.3, 0.4) is 0 Å². The van der Waals surface area contributed by atoms with Crippen LogP contribution in [0.5, 0.6) is 0 Å². The van der Waals surface area contributed by atoms with Gasteiger partial charge in [-0.15, -0.1) is 11.8 Å². The normalized spacial score (nSPS) is 13.2. The number of Topliss-reactive ketones (excluding diaryl/α,β-unsaturated/α-hetero) is 1. The Morgan fingerprint density at radius 2 is 1.80 bits per heavy atom. The Kier molecular flexibility index (Phi) is 4.46. The summed E-state index contributed by atoms with van der Waals surface area (Å²) < 4.78 is 1.16. The molecule has 0 spiro atoms. The van der Waals surface area contributed by atoms with Crippen LogP contribution in [0.25, 0.3) is 0 Å². The number of aryl methyl sites for hydroxylation is 2. The van der Waals surface area contributed by atoms with Gasteiger partial charge < -0.3 is 0 Å². The fraction of sp³-hybridized carbons (Fsp3) is 0.235. The first-order valence-electron chi connectivity index (χ1n) is 6.76. The zero-order valence-electron chi connectivity index (χ0n) is 11.1. The molecular weight excluding hydrogens is 379 g/mol. The van der Waals surface area contributed by atoms with E-state index in [9.17, 15) is 4.79 Å². The molecule has 0 saturated carbocycles. The van der Waals surface area contributed by atoms with E-state index in [1.165, 1.54) is 35.3 Å². The SMILES string of the molecule is O=C(CSc1ccc2c(c1)CCC2)c1ccc(I)cc1. The minimum absolute atomic E-state index is 0.201. The predicted molar refractivity (Wildman–Crippen MR) is 92.7 cm³/mol. The van der Waals surface area contributed by atoms with E-state index in [1.807, 2.05) is 24.3 Å². The fourth-order valence-corrected chi connectivity index (χ4v) is 3.72. The number of fused-ring (bicyclic) bond motifs is 1. The Balaban J connectivity index is 1.64. The molecule has 1 aliphatic carbocycles. The van der Waals surface area contributed by atoms with Crippen LogP contribution in [0.1, 0.15) is 27.9 Å². The molecule has 0 unspecified atom stereocenters. The van der Waals surface area contributed by atoms with E-state index < -0.39 is 0 Å². The molecule has 0 amide bonds. The first kappa shape index (κ1) is 14.1. The van der Waals surface area contributed by atoms with Crippen LogP contribution in [0.2, 0.25) is 0 Å². The number of hydrogen-bond acceptors (Lipinski definition) is 2. The molecule has 0 bridgehead atoms. The van der Waals surface area contributed by atoms with Crippen molar-refractivity contribution in [3.8, 4) is 0 Å². The predicted octanol–water partition coefficient (Wildman–Crippen LogP) is 4.75. The maximum atomic E-state index is 12.1. The second-order valence-corrected chi connectivity index (χ2v) is 7.30. The Morgan fingerprint density at radius 3 is 2.60 bits per heavy atom. The van der Waals surface area contributed by atoms with Gasteiger partial charge in [0.15, 0.2) is 5.78 Å². The highest BCUT2D eigenvalue weighted by Crippen LogP contribution is 2.28. The molecule has 0 fully saturated rings. The molecule has 0 atom stereocenters. The molecule has 2 aromatic carbocycles. The van der Waals surface area contributed by atoms with E-state index >= 15 is 0 Å². The molecule has 2 aromatic rings. The number of benzene rings is 2. The molecule has 0 N–H and O–H groups in total. The minimum atomic E-state index is 0.201. The van der Waals surface area contributed by atoms with Crippen molar-refractivity contribution >= 4 is 40.1 Å². The zero-order chi connectivity index (χ0) is 13.9. The summed E-state index contributed by atoms with van der Waals surface area (Å²) in [6.45, 7) is 0. The van der Waals surface area contributed by atoms with Crippen LogP contribution >= 0.6 is 34.4 Å². The van der Waals surface area contributed by atoms with Crippen LogP contribution < -0.4 is 0 Å². The average molecular weight is 394 g/mol. The first-order chi connectivity index (χ1) is 9.72. The van der Waals surface area contributed by atoms with Crippen molar-refractivity contribution in [3.63, 3.8) is 0 Å². The molecule has 102 valence electrons. The van der Waals surface area contributed by atoms with Crippen LogP contribution in [-0.4, -0.2) is 11.5 Å². The van der Waals surface area contributed by atoms with Gasteiger partial charge in [-0.3, -0.25) is 4.79 Å². The molecule has 1 nitrogen and oxygen atoms in total. The van der Waals surface area contributed by atoms with Crippen molar-refractivity contribution in [2.45, 2.75) is 24.2 Å². The summed E-state index contributed by atoms with van der Waals surface area (Å²) in [4.78, 5) is 13.4. The van der Waals surface area contributed by atoms with Crippen LogP contribution in [0, 0.1) is 3.57 Å². The summed E-state index contributed by atoms with van der Waals surface area (Å²) in [5.41, 5.74) is 3.76. The first-order valence-corrected chi connectivity index (χ1v) is 8.82. The second-order valence-electron chi connectivity index (χ2n) is 5.00. The van der Waals surface area contributed by atoms with Crippen molar-refractivity contribution in [2.24, 2.45) is 0 Å². The summed E-state index contributed by atoms with van der Waals surface area (Å²) >= 11 is 3.89. The number of carbonyl (C=O) groups excluding carboxylic acids is 1. The average Bonchev–Trinajstić information content (AvgIpc) is 2.93. The van der Waals surface area contributed by atoms with Crippen molar-refractivity contribution in [1.29, 1.82) is 0 Å². The molecule has 0 aromatic heterocycles. The standard InChI is InChI=1S/C17H15IOS/c18-15-7-4-13(5-8-15)17(19)11-20-16-9-6-12-2-1-3-14(12)10-16/h4-10H,1-3,11H2. The molecule has 0 saturated heterocycles. The topological polar surface area (TPSA) is 17.1 Å². The van der Waals surface area contributed by atoms with Gasteiger partial charge in [-0.25, -0.2) is 0 Å². The third kappa shape index (κ3) is 3.26. The van der Waals surface area contributed by atoms with E-state index in [2.05, 4.69) is 40.8 Å². The number of ketones is 1. The van der Waals surface area contributed by atoms with Gasteiger partial charge >= 0.3 is 0 Å². The third-order valence-corrected chi connectivity index (χ3v) is 5.32. The Morgan fingerprint density at radius 1 is 1.05 bits per heavy atom. The lowest BCUT2D eigenvalue weighted by molar-refractivity contribution is 0.102. The van der Waals surface area contributed by atoms with Gasteiger partial charge in [0.1, 0.15) is 0 Å². The number of hydrogen-bond donors (Lipinski definition) is 0. The maximum Gasteiger partial charge on any atom is 0.173 e. The molecular formula is C17H15IOS. The largest absolute Gasteiger partial charge is 0.293 e. The number of carbonyl (C=O) groups is 1. The van der Waals surface area contributed by atoms with Crippen LogP contribution in [-0.2, 0) is 12.8 Å². The van der Waals surface area contributed by atoms with Gasteiger partial charge in [0.2, 0.25) is 0 Å². The van der Waals surface area contributed by atoms with Crippen molar-refractivity contribution < 1.29 is 4.79 Å². The summed E-state index contributed by atoms with van der Waals surface area (Å²) in [7, 11) is 0. The lowest BCUT2D eigenvalue weighted by Gasteiger charge is -2.05. The van der Waals surface area contributed by atoms with E-state index in [0.717, 1.165) is 9.13 Å². The highest BCUT2D eigenvalue weighted by Gasteiger charge is 2.12. The summed E-state index contributed by atoms with van der Waals surface area (Å²) in [5, 5.41) is 0. The smallest absolute Gasteiger partial charge is 0.173 e. The van der Waals surface area contributed by atoms with Gasteiger partial charge in [-0.05, 0) is 77.2 Å². The molecule has 3 heteroatoms. The van der Waals surface area contributed by atoms with Gasteiger partial charge in [0.25, 0.3) is 0 Å². The Hall–Kier alpha value is -0.810. The molecule has 20 heavy (non-hydrogen) atoms.